The Labute approximate surface area is 129 Å². The number of hydrazine groups is 1. The molecule has 2 heterocycles. The van der Waals surface area contributed by atoms with E-state index in [-0.39, 0.29) is 18.0 Å². The maximum absolute atomic E-state index is 12.2. The molecule has 6 heteroatoms. The molecule has 1 aromatic carbocycles. The van der Waals surface area contributed by atoms with E-state index >= 15 is 0 Å². The number of nitrogens with one attached hydrogen (secondary N) is 3. The van der Waals surface area contributed by atoms with Gasteiger partial charge in [-0.05, 0) is 36.4 Å². The first-order valence-corrected chi connectivity index (χ1v) is 8.64. The molecule has 0 aliphatic carbocycles. The normalized spacial score (nSPS) is 26.1. The number of nitrogens with zero attached hydrogens (tertiary/aromatic N) is 1. The highest BCUT2D eigenvalue weighted by atomic mass is 32.2. The van der Waals surface area contributed by atoms with Gasteiger partial charge in [-0.15, -0.1) is 0 Å². The maximum Gasteiger partial charge on any atom is 0.228 e. The summed E-state index contributed by atoms with van der Waals surface area (Å²) in [6.07, 6.45) is 1.15. The molecule has 1 aromatic rings. The van der Waals surface area contributed by atoms with Gasteiger partial charge in [0.25, 0.3) is 0 Å². The van der Waals surface area contributed by atoms with E-state index in [0.29, 0.717) is 0 Å². The van der Waals surface area contributed by atoms with E-state index in [2.05, 4.69) is 40.1 Å². The second-order valence-electron chi connectivity index (χ2n) is 5.46. The summed E-state index contributed by atoms with van der Waals surface area (Å²) in [6.45, 7) is 3.95. The van der Waals surface area contributed by atoms with Crippen LogP contribution in [0.5, 0.6) is 0 Å². The number of hydrogen-bond acceptors (Lipinski definition) is 5. The van der Waals surface area contributed by atoms with Crippen molar-refractivity contribution in [3.8, 4) is 0 Å². The summed E-state index contributed by atoms with van der Waals surface area (Å²) in [6, 6.07) is 8.12. The zero-order valence-corrected chi connectivity index (χ0v) is 13.1. The van der Waals surface area contributed by atoms with Crippen LogP contribution < -0.4 is 16.2 Å². The predicted molar refractivity (Wildman–Crippen MR) is 86.8 cm³/mol. The number of anilines is 1. The summed E-state index contributed by atoms with van der Waals surface area (Å²) in [5.74, 6) is 2.36. The Morgan fingerprint density at radius 3 is 3.19 bits per heavy atom. The molecule has 21 heavy (non-hydrogen) atoms. The Balaban J connectivity index is 1.69. The van der Waals surface area contributed by atoms with E-state index in [1.807, 2.05) is 23.9 Å². The van der Waals surface area contributed by atoms with Crippen LogP contribution >= 0.6 is 11.8 Å². The molecule has 3 rings (SSSR count). The van der Waals surface area contributed by atoms with Crippen LogP contribution in [0.3, 0.4) is 0 Å². The number of thioether (sulfide) groups is 1. The number of benzene rings is 1. The van der Waals surface area contributed by atoms with Gasteiger partial charge >= 0.3 is 0 Å². The lowest BCUT2D eigenvalue weighted by Gasteiger charge is -2.22. The monoisotopic (exact) mass is 306 g/mol. The Hall–Kier alpha value is -1.08. The van der Waals surface area contributed by atoms with E-state index < -0.39 is 0 Å². The van der Waals surface area contributed by atoms with Gasteiger partial charge in [-0.25, -0.2) is 10.9 Å². The number of carbonyl (C=O) groups excluding carboxylic acids is 1. The lowest BCUT2D eigenvalue weighted by atomic mass is 10.1. The topological polar surface area (TPSA) is 56.4 Å². The fourth-order valence-electron chi connectivity index (χ4n) is 2.79. The average molecular weight is 306 g/mol. The Morgan fingerprint density at radius 2 is 2.43 bits per heavy atom. The maximum atomic E-state index is 12.2. The van der Waals surface area contributed by atoms with E-state index in [0.717, 1.165) is 36.8 Å². The first-order chi connectivity index (χ1) is 10.3. The molecule has 0 saturated carbocycles. The number of hydrogen-bond donors (Lipinski definition) is 3. The molecule has 2 unspecified atom stereocenters. The highest BCUT2D eigenvalue weighted by molar-refractivity contribution is 7.99. The minimum Gasteiger partial charge on any atom is -0.326 e. The standard InChI is InChI=1S/C15H22N4OS/c1-2-19-10-16-18-14(19)11-4-3-5-13(8-11)17-15(20)12-6-7-21-9-12/h3-5,8,12,14,16,18H,2,6-7,9-10H2,1H3,(H,17,20). The molecule has 0 spiro atoms. The van der Waals surface area contributed by atoms with Crippen molar-refractivity contribution in [3.05, 3.63) is 29.8 Å². The van der Waals surface area contributed by atoms with Crippen molar-refractivity contribution in [1.29, 1.82) is 0 Å². The molecule has 2 atom stereocenters. The third-order valence-corrected chi connectivity index (χ3v) is 5.23. The van der Waals surface area contributed by atoms with Crippen LogP contribution in [0.15, 0.2) is 24.3 Å². The minimum atomic E-state index is 0.155. The zero-order chi connectivity index (χ0) is 14.7. The number of rotatable bonds is 4. The highest BCUT2D eigenvalue weighted by Gasteiger charge is 2.25. The molecular weight excluding hydrogens is 284 g/mol. The first-order valence-electron chi connectivity index (χ1n) is 7.49. The molecule has 5 nitrogen and oxygen atoms in total. The van der Waals surface area contributed by atoms with Crippen LogP contribution in [0.2, 0.25) is 0 Å². The van der Waals surface area contributed by atoms with Crippen molar-refractivity contribution in [1.82, 2.24) is 15.8 Å². The van der Waals surface area contributed by atoms with Crippen molar-refractivity contribution in [2.45, 2.75) is 19.5 Å². The quantitative estimate of drug-likeness (QED) is 0.791. The van der Waals surface area contributed by atoms with Crippen LogP contribution in [0.1, 0.15) is 25.1 Å². The molecule has 1 amide bonds. The fraction of sp³-hybridized carbons (Fsp3) is 0.533. The molecule has 2 aliphatic heterocycles. The Kier molecular flexibility index (Phi) is 4.80. The molecule has 2 aliphatic rings. The van der Waals surface area contributed by atoms with Crippen LogP contribution in [-0.2, 0) is 4.79 Å². The Morgan fingerprint density at radius 1 is 1.52 bits per heavy atom. The molecule has 2 fully saturated rings. The lowest BCUT2D eigenvalue weighted by molar-refractivity contribution is -0.119. The molecule has 0 radical (unpaired) electrons. The summed E-state index contributed by atoms with van der Waals surface area (Å²) in [5.41, 5.74) is 8.49. The molecule has 114 valence electrons. The van der Waals surface area contributed by atoms with Gasteiger partial charge in [0.05, 0.1) is 12.8 Å². The van der Waals surface area contributed by atoms with Gasteiger partial charge in [0.1, 0.15) is 0 Å². The third-order valence-electron chi connectivity index (χ3n) is 4.06. The molecule has 0 bridgehead atoms. The molecular formula is C15H22N4OS. The third kappa shape index (κ3) is 3.40. The lowest BCUT2D eigenvalue weighted by Crippen LogP contribution is -2.28. The highest BCUT2D eigenvalue weighted by Crippen LogP contribution is 2.26. The van der Waals surface area contributed by atoms with Gasteiger partial charge in [0.2, 0.25) is 5.91 Å². The summed E-state index contributed by atoms with van der Waals surface area (Å²) < 4.78 is 0. The summed E-state index contributed by atoms with van der Waals surface area (Å²) in [5, 5.41) is 3.06. The largest absolute Gasteiger partial charge is 0.326 e. The van der Waals surface area contributed by atoms with Crippen LogP contribution in [0.4, 0.5) is 5.69 Å². The minimum absolute atomic E-state index is 0.155. The predicted octanol–water partition coefficient (Wildman–Crippen LogP) is 1.76. The average Bonchev–Trinajstić information content (AvgIpc) is 3.18. The molecule has 0 aromatic heterocycles. The summed E-state index contributed by atoms with van der Waals surface area (Å²) in [7, 11) is 0. The zero-order valence-electron chi connectivity index (χ0n) is 12.3. The summed E-state index contributed by atoms with van der Waals surface area (Å²) >= 11 is 1.86. The molecule has 2 saturated heterocycles. The Bertz CT molecular complexity index is 504. The SMILES string of the molecule is CCN1CNNC1c1cccc(NC(=O)C2CCSC2)c1. The van der Waals surface area contributed by atoms with Crippen LogP contribution in [-0.4, -0.2) is 35.5 Å². The van der Waals surface area contributed by atoms with Gasteiger partial charge in [-0.3, -0.25) is 9.69 Å². The van der Waals surface area contributed by atoms with Crippen molar-refractivity contribution in [2.75, 3.05) is 30.0 Å². The first kappa shape index (κ1) is 14.8. The van der Waals surface area contributed by atoms with E-state index in [1.165, 1.54) is 5.56 Å². The molecule has 3 N–H and O–H groups in total. The van der Waals surface area contributed by atoms with Gasteiger partial charge in [0, 0.05) is 17.4 Å². The number of amides is 1. The van der Waals surface area contributed by atoms with Crippen molar-refractivity contribution < 1.29 is 4.79 Å². The van der Waals surface area contributed by atoms with Gasteiger partial charge in [-0.1, -0.05) is 19.1 Å². The second-order valence-corrected chi connectivity index (χ2v) is 6.61. The van der Waals surface area contributed by atoms with Crippen molar-refractivity contribution in [3.63, 3.8) is 0 Å². The summed E-state index contributed by atoms with van der Waals surface area (Å²) in [4.78, 5) is 14.5. The second kappa shape index (κ2) is 6.79. The van der Waals surface area contributed by atoms with Crippen LogP contribution in [0.25, 0.3) is 0 Å². The van der Waals surface area contributed by atoms with Gasteiger partial charge in [-0.2, -0.15) is 11.8 Å². The van der Waals surface area contributed by atoms with Gasteiger partial charge < -0.3 is 5.32 Å². The number of carbonyl (C=O) groups is 1. The van der Waals surface area contributed by atoms with Crippen molar-refractivity contribution in [2.24, 2.45) is 5.92 Å². The van der Waals surface area contributed by atoms with Crippen molar-refractivity contribution >= 4 is 23.4 Å². The fourth-order valence-corrected chi connectivity index (χ4v) is 4.01. The van der Waals surface area contributed by atoms with Crippen LogP contribution in [0, 0.1) is 5.92 Å². The van der Waals surface area contributed by atoms with Gasteiger partial charge in [0.15, 0.2) is 0 Å². The smallest absolute Gasteiger partial charge is 0.228 e. The van der Waals surface area contributed by atoms with E-state index in [9.17, 15) is 4.79 Å². The van der Waals surface area contributed by atoms with E-state index in [1.54, 1.807) is 0 Å². The van der Waals surface area contributed by atoms with E-state index in [4.69, 9.17) is 0 Å².